The van der Waals surface area contributed by atoms with E-state index in [9.17, 15) is 0 Å². The third kappa shape index (κ3) is 1.58. The predicted octanol–water partition coefficient (Wildman–Crippen LogP) is 0.718. The molecule has 1 aliphatic carbocycles. The Bertz CT molecular complexity index is 305. The molecule has 2 rings (SSSR count). The van der Waals surface area contributed by atoms with Crippen molar-refractivity contribution in [3.05, 3.63) is 11.6 Å². The zero-order valence-corrected chi connectivity index (χ0v) is 8.20. The Hall–Kier alpha value is -0.900. The van der Waals surface area contributed by atoms with Crippen LogP contribution < -0.4 is 5.73 Å². The van der Waals surface area contributed by atoms with Crippen LogP contribution in [0.1, 0.15) is 36.8 Å². The molecule has 2 N–H and O–H groups in total. The van der Waals surface area contributed by atoms with E-state index in [1.165, 1.54) is 0 Å². The molecule has 4 heteroatoms. The molecule has 0 bridgehead atoms. The van der Waals surface area contributed by atoms with Crippen LogP contribution in [0, 0.1) is 6.92 Å². The largest absolute Gasteiger partial charge is 0.328 e. The lowest BCUT2D eigenvalue weighted by molar-refractivity contribution is 0.591. The van der Waals surface area contributed by atoms with Crippen molar-refractivity contribution in [3.8, 4) is 0 Å². The lowest BCUT2D eigenvalue weighted by atomic mass is 10.1. The fraction of sp³-hybridized carbons (Fsp3) is 0.778. The number of hydrogen-bond acceptors (Lipinski definition) is 3. The minimum atomic E-state index is 0.363. The molecule has 0 spiro atoms. The molecule has 2 unspecified atom stereocenters. The van der Waals surface area contributed by atoms with Gasteiger partial charge in [0.1, 0.15) is 11.6 Å². The third-order valence-corrected chi connectivity index (χ3v) is 2.74. The van der Waals surface area contributed by atoms with Gasteiger partial charge in [0.15, 0.2) is 0 Å². The van der Waals surface area contributed by atoms with Crippen molar-refractivity contribution in [1.29, 1.82) is 0 Å². The average Bonchev–Trinajstić information content (AvgIpc) is 2.58. The van der Waals surface area contributed by atoms with E-state index in [0.29, 0.717) is 12.0 Å². The Morgan fingerprint density at radius 1 is 1.46 bits per heavy atom. The molecule has 72 valence electrons. The highest BCUT2D eigenvalue weighted by Gasteiger charge is 2.26. The van der Waals surface area contributed by atoms with Crippen molar-refractivity contribution >= 4 is 0 Å². The molecule has 0 amide bonds. The molecule has 4 nitrogen and oxygen atoms in total. The zero-order chi connectivity index (χ0) is 9.42. The van der Waals surface area contributed by atoms with Gasteiger partial charge in [-0.05, 0) is 26.2 Å². The average molecular weight is 180 g/mol. The summed E-state index contributed by atoms with van der Waals surface area (Å²) in [6.45, 7) is 1.93. The van der Waals surface area contributed by atoms with Gasteiger partial charge >= 0.3 is 0 Å². The molecule has 0 aliphatic heterocycles. The number of hydrogen-bond donors (Lipinski definition) is 1. The van der Waals surface area contributed by atoms with Crippen LogP contribution in [0.4, 0.5) is 0 Å². The second-order valence-corrected chi connectivity index (χ2v) is 3.91. The van der Waals surface area contributed by atoms with E-state index < -0.39 is 0 Å². The van der Waals surface area contributed by atoms with Gasteiger partial charge in [0, 0.05) is 19.0 Å². The van der Waals surface area contributed by atoms with Gasteiger partial charge in [0.2, 0.25) is 0 Å². The lowest BCUT2D eigenvalue weighted by Gasteiger charge is -2.07. The quantitative estimate of drug-likeness (QED) is 0.692. The van der Waals surface area contributed by atoms with Gasteiger partial charge in [0.25, 0.3) is 0 Å². The van der Waals surface area contributed by atoms with E-state index in [1.54, 1.807) is 0 Å². The summed E-state index contributed by atoms with van der Waals surface area (Å²) in [4.78, 5) is 4.42. The van der Waals surface area contributed by atoms with E-state index in [-0.39, 0.29) is 0 Å². The molecular weight excluding hydrogens is 164 g/mol. The van der Waals surface area contributed by atoms with E-state index in [0.717, 1.165) is 30.9 Å². The molecule has 0 aromatic carbocycles. The van der Waals surface area contributed by atoms with Crippen LogP contribution in [0.5, 0.6) is 0 Å². The van der Waals surface area contributed by atoms with Gasteiger partial charge in [0.05, 0.1) is 0 Å². The summed E-state index contributed by atoms with van der Waals surface area (Å²) in [6, 6.07) is 0.363. The van der Waals surface area contributed by atoms with E-state index in [1.807, 2.05) is 18.7 Å². The summed E-state index contributed by atoms with van der Waals surface area (Å²) in [5, 5.41) is 4.25. The standard InChI is InChI=1S/C9H16N4/c1-6-11-9(13(2)12-6)7-3-4-8(10)5-7/h7-8H,3-5,10H2,1-2H3. The molecule has 1 aliphatic rings. The van der Waals surface area contributed by atoms with Crippen molar-refractivity contribution in [1.82, 2.24) is 14.8 Å². The minimum absolute atomic E-state index is 0.363. The highest BCUT2D eigenvalue weighted by atomic mass is 15.3. The summed E-state index contributed by atoms with van der Waals surface area (Å²) < 4.78 is 1.89. The number of nitrogens with two attached hydrogens (primary N) is 1. The summed E-state index contributed by atoms with van der Waals surface area (Å²) in [7, 11) is 1.96. The first-order chi connectivity index (χ1) is 6.16. The highest BCUT2D eigenvalue weighted by molar-refractivity contribution is 5.03. The first-order valence-electron chi connectivity index (χ1n) is 4.80. The number of aryl methyl sites for hydroxylation is 2. The van der Waals surface area contributed by atoms with Crippen molar-refractivity contribution in [2.45, 2.75) is 38.1 Å². The maximum Gasteiger partial charge on any atom is 0.147 e. The zero-order valence-electron chi connectivity index (χ0n) is 8.20. The molecule has 1 aromatic rings. The Morgan fingerprint density at radius 3 is 2.69 bits per heavy atom. The van der Waals surface area contributed by atoms with E-state index in [4.69, 9.17) is 5.73 Å². The van der Waals surface area contributed by atoms with Gasteiger partial charge in [-0.3, -0.25) is 4.68 Å². The molecule has 0 radical (unpaired) electrons. The monoisotopic (exact) mass is 180 g/mol. The molecule has 1 fully saturated rings. The minimum Gasteiger partial charge on any atom is -0.328 e. The Morgan fingerprint density at radius 2 is 2.23 bits per heavy atom. The van der Waals surface area contributed by atoms with E-state index >= 15 is 0 Å². The van der Waals surface area contributed by atoms with Crippen LogP contribution in [-0.4, -0.2) is 20.8 Å². The summed E-state index contributed by atoms with van der Waals surface area (Å²) >= 11 is 0. The second-order valence-electron chi connectivity index (χ2n) is 3.91. The van der Waals surface area contributed by atoms with Gasteiger partial charge in [-0.1, -0.05) is 0 Å². The van der Waals surface area contributed by atoms with Crippen LogP contribution in [0.2, 0.25) is 0 Å². The first kappa shape index (κ1) is 8.69. The fourth-order valence-electron chi connectivity index (χ4n) is 2.14. The van der Waals surface area contributed by atoms with Crippen molar-refractivity contribution in [2.24, 2.45) is 12.8 Å². The Balaban J connectivity index is 2.20. The molecule has 2 atom stereocenters. The van der Waals surface area contributed by atoms with Gasteiger partial charge < -0.3 is 5.73 Å². The van der Waals surface area contributed by atoms with Crippen molar-refractivity contribution in [3.63, 3.8) is 0 Å². The number of nitrogens with zero attached hydrogens (tertiary/aromatic N) is 3. The molecule has 0 saturated heterocycles. The molecular formula is C9H16N4. The van der Waals surface area contributed by atoms with Gasteiger partial charge in [-0.15, -0.1) is 0 Å². The summed E-state index contributed by atoms with van der Waals surface area (Å²) in [6.07, 6.45) is 3.34. The van der Waals surface area contributed by atoms with Crippen LogP contribution >= 0.6 is 0 Å². The molecule has 1 heterocycles. The normalized spacial score (nSPS) is 28.2. The van der Waals surface area contributed by atoms with Crippen LogP contribution in [-0.2, 0) is 7.05 Å². The van der Waals surface area contributed by atoms with E-state index in [2.05, 4.69) is 10.1 Å². The molecule has 1 aromatic heterocycles. The highest BCUT2D eigenvalue weighted by Crippen LogP contribution is 2.31. The number of rotatable bonds is 1. The SMILES string of the molecule is Cc1nc(C2CCC(N)C2)n(C)n1. The number of aromatic nitrogens is 3. The van der Waals surface area contributed by atoms with Gasteiger partial charge in [-0.25, -0.2) is 4.98 Å². The molecule has 1 saturated carbocycles. The van der Waals surface area contributed by atoms with Crippen LogP contribution in [0.3, 0.4) is 0 Å². The first-order valence-corrected chi connectivity index (χ1v) is 4.80. The topological polar surface area (TPSA) is 56.7 Å². The summed E-state index contributed by atoms with van der Waals surface area (Å²) in [5.74, 6) is 2.49. The molecule has 13 heavy (non-hydrogen) atoms. The van der Waals surface area contributed by atoms with Crippen LogP contribution in [0.25, 0.3) is 0 Å². The fourth-order valence-corrected chi connectivity index (χ4v) is 2.14. The summed E-state index contributed by atoms with van der Waals surface area (Å²) in [5.41, 5.74) is 5.86. The van der Waals surface area contributed by atoms with Crippen molar-refractivity contribution < 1.29 is 0 Å². The third-order valence-electron chi connectivity index (χ3n) is 2.74. The van der Waals surface area contributed by atoms with Crippen molar-refractivity contribution in [2.75, 3.05) is 0 Å². The van der Waals surface area contributed by atoms with Crippen LogP contribution in [0.15, 0.2) is 0 Å². The maximum absolute atomic E-state index is 5.86. The predicted molar refractivity (Wildman–Crippen MR) is 50.3 cm³/mol. The van der Waals surface area contributed by atoms with Gasteiger partial charge in [-0.2, -0.15) is 5.10 Å². The smallest absolute Gasteiger partial charge is 0.147 e. The Kier molecular flexibility index (Phi) is 2.07. The lowest BCUT2D eigenvalue weighted by Crippen LogP contribution is -2.15. The second kappa shape index (κ2) is 3.10. The maximum atomic E-state index is 5.86. The Labute approximate surface area is 78.1 Å².